The first-order chi connectivity index (χ1) is 9.54. The van der Waals surface area contributed by atoms with Crippen LogP contribution < -0.4 is 15.4 Å². The first kappa shape index (κ1) is 12.2. The molecule has 3 aliphatic rings. The van der Waals surface area contributed by atoms with Crippen molar-refractivity contribution in [2.24, 2.45) is 10.1 Å². The standard InChI is InChI=1S/C13H16N4O2S/c14-20(18,19)9-4-5-11-8(6-9)7-15-13-16-10-2-1-3-12(10)17(11)13/h4-6,10,12H,1-3,7H2,(H,15,16)(H2,14,18,19). The highest BCUT2D eigenvalue weighted by atomic mass is 32.2. The van der Waals surface area contributed by atoms with Gasteiger partial charge in [0.25, 0.3) is 0 Å². The molecule has 0 bridgehead atoms. The zero-order valence-electron chi connectivity index (χ0n) is 10.9. The van der Waals surface area contributed by atoms with E-state index >= 15 is 0 Å². The monoisotopic (exact) mass is 292 g/mol. The molecule has 2 heterocycles. The van der Waals surface area contributed by atoms with Gasteiger partial charge in [0.2, 0.25) is 10.0 Å². The van der Waals surface area contributed by atoms with Crippen LogP contribution in [0.1, 0.15) is 24.8 Å². The van der Waals surface area contributed by atoms with Crippen molar-refractivity contribution in [3.63, 3.8) is 0 Å². The van der Waals surface area contributed by atoms with E-state index in [-0.39, 0.29) is 4.90 Å². The molecule has 1 aromatic carbocycles. The fourth-order valence-corrected chi connectivity index (χ4v) is 4.05. The van der Waals surface area contributed by atoms with Gasteiger partial charge in [-0.2, -0.15) is 0 Å². The Morgan fingerprint density at radius 3 is 3.00 bits per heavy atom. The SMILES string of the molecule is NS(=O)(=O)c1ccc2c(c1)CN=C1NC3CCCC3N12. The predicted octanol–water partition coefficient (Wildman–Crippen LogP) is 0.534. The van der Waals surface area contributed by atoms with Crippen molar-refractivity contribution in [1.82, 2.24) is 5.32 Å². The van der Waals surface area contributed by atoms with E-state index < -0.39 is 10.0 Å². The summed E-state index contributed by atoms with van der Waals surface area (Å²) in [5.41, 5.74) is 1.99. The van der Waals surface area contributed by atoms with Crippen LogP contribution in [0, 0.1) is 0 Å². The molecule has 2 unspecified atom stereocenters. The van der Waals surface area contributed by atoms with Crippen molar-refractivity contribution in [2.75, 3.05) is 4.90 Å². The lowest BCUT2D eigenvalue weighted by Gasteiger charge is -2.29. The molecule has 6 nitrogen and oxygen atoms in total. The molecule has 0 amide bonds. The number of hydrogen-bond donors (Lipinski definition) is 2. The van der Waals surface area contributed by atoms with Gasteiger partial charge in [-0.15, -0.1) is 0 Å². The number of sulfonamides is 1. The maximum atomic E-state index is 11.4. The minimum atomic E-state index is -3.66. The average molecular weight is 292 g/mol. The van der Waals surface area contributed by atoms with Crippen molar-refractivity contribution in [2.45, 2.75) is 42.8 Å². The van der Waals surface area contributed by atoms with Crippen molar-refractivity contribution in [1.29, 1.82) is 0 Å². The summed E-state index contributed by atoms with van der Waals surface area (Å²) in [5, 5.41) is 8.67. The van der Waals surface area contributed by atoms with E-state index in [4.69, 9.17) is 5.14 Å². The zero-order valence-corrected chi connectivity index (χ0v) is 11.7. The molecule has 7 heteroatoms. The molecule has 106 valence electrons. The highest BCUT2D eigenvalue weighted by Gasteiger charge is 2.43. The van der Waals surface area contributed by atoms with Gasteiger partial charge in [-0.3, -0.25) is 0 Å². The molecule has 1 saturated heterocycles. The normalized spacial score (nSPS) is 27.4. The molecule has 1 saturated carbocycles. The Kier molecular flexibility index (Phi) is 2.41. The predicted molar refractivity (Wildman–Crippen MR) is 76.0 cm³/mol. The smallest absolute Gasteiger partial charge is 0.238 e. The number of benzene rings is 1. The number of aliphatic imine (C=N–C) groups is 1. The summed E-state index contributed by atoms with van der Waals surface area (Å²) in [7, 11) is -3.66. The van der Waals surface area contributed by atoms with E-state index in [2.05, 4.69) is 15.2 Å². The summed E-state index contributed by atoms with van der Waals surface area (Å²) >= 11 is 0. The lowest BCUT2D eigenvalue weighted by Crippen LogP contribution is -2.37. The van der Waals surface area contributed by atoms with E-state index in [0.29, 0.717) is 18.6 Å². The number of nitrogens with one attached hydrogen (secondary N) is 1. The summed E-state index contributed by atoms with van der Waals surface area (Å²) < 4.78 is 22.9. The Balaban J connectivity index is 1.80. The lowest BCUT2D eigenvalue weighted by atomic mass is 10.1. The number of guanidine groups is 1. The molecular formula is C13H16N4O2S. The van der Waals surface area contributed by atoms with Gasteiger partial charge < -0.3 is 10.2 Å². The highest BCUT2D eigenvalue weighted by molar-refractivity contribution is 7.89. The van der Waals surface area contributed by atoms with Crippen LogP contribution in [0.5, 0.6) is 0 Å². The molecule has 0 aromatic heterocycles. The van der Waals surface area contributed by atoms with Crippen LogP contribution in [-0.4, -0.2) is 26.5 Å². The third kappa shape index (κ3) is 1.66. The van der Waals surface area contributed by atoms with Crippen molar-refractivity contribution < 1.29 is 8.42 Å². The molecule has 1 aliphatic carbocycles. The van der Waals surface area contributed by atoms with Gasteiger partial charge in [0, 0.05) is 11.7 Å². The molecule has 20 heavy (non-hydrogen) atoms. The Labute approximate surface area is 117 Å². The molecule has 2 fully saturated rings. The van der Waals surface area contributed by atoms with Gasteiger partial charge >= 0.3 is 0 Å². The number of rotatable bonds is 1. The Morgan fingerprint density at radius 2 is 2.20 bits per heavy atom. The summed E-state index contributed by atoms with van der Waals surface area (Å²) in [6.45, 7) is 0.497. The van der Waals surface area contributed by atoms with Gasteiger partial charge in [-0.1, -0.05) is 0 Å². The number of anilines is 1. The van der Waals surface area contributed by atoms with Crippen molar-refractivity contribution in [3.05, 3.63) is 23.8 Å². The highest BCUT2D eigenvalue weighted by Crippen LogP contribution is 2.37. The number of nitrogens with zero attached hydrogens (tertiary/aromatic N) is 2. The Morgan fingerprint density at radius 1 is 1.35 bits per heavy atom. The van der Waals surface area contributed by atoms with Crippen LogP contribution in [0.25, 0.3) is 0 Å². The van der Waals surface area contributed by atoms with Gasteiger partial charge in [0.15, 0.2) is 5.96 Å². The quantitative estimate of drug-likeness (QED) is 0.790. The Hall–Kier alpha value is -1.60. The summed E-state index contributed by atoms with van der Waals surface area (Å²) in [4.78, 5) is 6.92. The fourth-order valence-electron chi connectivity index (χ4n) is 3.49. The molecule has 1 aromatic rings. The fraction of sp³-hybridized carbons (Fsp3) is 0.462. The van der Waals surface area contributed by atoms with E-state index in [0.717, 1.165) is 23.6 Å². The van der Waals surface area contributed by atoms with Gasteiger partial charge in [0.05, 0.1) is 17.5 Å². The van der Waals surface area contributed by atoms with Crippen LogP contribution in [0.15, 0.2) is 28.1 Å². The minimum Gasteiger partial charge on any atom is -0.351 e. The number of primary sulfonamides is 1. The summed E-state index contributed by atoms with van der Waals surface area (Å²) in [5.74, 6) is 0.926. The van der Waals surface area contributed by atoms with Crippen molar-refractivity contribution >= 4 is 21.7 Å². The number of fused-ring (bicyclic) bond motifs is 5. The van der Waals surface area contributed by atoms with Crippen LogP contribution in [0.2, 0.25) is 0 Å². The molecule has 0 radical (unpaired) electrons. The average Bonchev–Trinajstić information content (AvgIpc) is 2.96. The second-order valence-corrected chi connectivity index (χ2v) is 7.16. The number of nitrogens with two attached hydrogens (primary N) is 1. The van der Waals surface area contributed by atoms with E-state index in [1.807, 2.05) is 6.07 Å². The third-order valence-electron chi connectivity index (χ3n) is 4.39. The maximum Gasteiger partial charge on any atom is 0.238 e. The van der Waals surface area contributed by atoms with Gasteiger partial charge in [0.1, 0.15) is 0 Å². The zero-order chi connectivity index (χ0) is 13.9. The molecule has 2 aliphatic heterocycles. The molecule has 2 atom stereocenters. The molecule has 3 N–H and O–H groups in total. The molecular weight excluding hydrogens is 276 g/mol. The second-order valence-electron chi connectivity index (χ2n) is 5.59. The maximum absolute atomic E-state index is 11.4. The summed E-state index contributed by atoms with van der Waals surface area (Å²) in [6.07, 6.45) is 3.54. The van der Waals surface area contributed by atoms with E-state index in [1.165, 1.54) is 12.8 Å². The van der Waals surface area contributed by atoms with E-state index in [1.54, 1.807) is 12.1 Å². The minimum absolute atomic E-state index is 0.157. The molecule has 4 rings (SSSR count). The van der Waals surface area contributed by atoms with Crippen molar-refractivity contribution in [3.8, 4) is 0 Å². The van der Waals surface area contributed by atoms with Gasteiger partial charge in [-0.05, 0) is 43.0 Å². The van der Waals surface area contributed by atoms with Gasteiger partial charge in [-0.25, -0.2) is 18.5 Å². The van der Waals surface area contributed by atoms with Crippen LogP contribution in [0.3, 0.4) is 0 Å². The molecule has 0 spiro atoms. The topological polar surface area (TPSA) is 87.8 Å². The first-order valence-corrected chi connectivity index (χ1v) is 8.34. The van der Waals surface area contributed by atoms with Crippen LogP contribution >= 0.6 is 0 Å². The lowest BCUT2D eigenvalue weighted by molar-refractivity contribution is 0.597. The Bertz CT molecular complexity index is 713. The first-order valence-electron chi connectivity index (χ1n) is 6.80. The second kappa shape index (κ2) is 3.95. The largest absolute Gasteiger partial charge is 0.351 e. The number of hydrogen-bond acceptors (Lipinski definition) is 5. The van der Waals surface area contributed by atoms with Crippen LogP contribution in [0.4, 0.5) is 5.69 Å². The van der Waals surface area contributed by atoms with Crippen LogP contribution in [-0.2, 0) is 16.6 Å². The van der Waals surface area contributed by atoms with E-state index in [9.17, 15) is 8.42 Å². The third-order valence-corrected chi connectivity index (χ3v) is 5.30. The summed E-state index contributed by atoms with van der Waals surface area (Å²) in [6, 6.07) is 5.99.